The van der Waals surface area contributed by atoms with Gasteiger partial charge >= 0.3 is 12.4 Å². The molecular formula is C16H9F7N4. The van der Waals surface area contributed by atoms with Gasteiger partial charge in [0.05, 0.1) is 22.2 Å². The third-order valence-corrected chi connectivity index (χ3v) is 3.33. The van der Waals surface area contributed by atoms with Crippen LogP contribution in [-0.4, -0.2) is 10.2 Å². The summed E-state index contributed by atoms with van der Waals surface area (Å²) >= 11 is 0. The largest absolute Gasteiger partial charge is 0.416 e. The Morgan fingerprint density at radius 3 is 2.04 bits per heavy atom. The zero-order valence-corrected chi connectivity index (χ0v) is 13.1. The van der Waals surface area contributed by atoms with Gasteiger partial charge in [0.2, 0.25) is 0 Å². The predicted molar refractivity (Wildman–Crippen MR) is 81.6 cm³/mol. The Hall–Kier alpha value is -3.29. The highest BCUT2D eigenvalue weighted by molar-refractivity contribution is 5.89. The van der Waals surface area contributed by atoms with Crippen LogP contribution in [0.3, 0.4) is 0 Å². The number of aromatic amines is 1. The van der Waals surface area contributed by atoms with Crippen molar-refractivity contribution in [3.05, 3.63) is 58.9 Å². The average molecular weight is 390 g/mol. The van der Waals surface area contributed by atoms with Crippen LogP contribution in [0.5, 0.6) is 0 Å². The lowest BCUT2D eigenvalue weighted by atomic mass is 10.1. The zero-order valence-electron chi connectivity index (χ0n) is 13.1. The number of rotatable bonds is 0. The Balaban J connectivity index is 0.000000194. The minimum absolute atomic E-state index is 0.0751. The number of nitrogens with one attached hydrogen (secondary N) is 1. The molecule has 1 heterocycles. The van der Waals surface area contributed by atoms with Crippen LogP contribution in [0.2, 0.25) is 0 Å². The minimum Gasteiger partial charge on any atom is -0.382 e. The number of benzene rings is 2. The molecule has 4 nitrogen and oxygen atoms in total. The van der Waals surface area contributed by atoms with E-state index in [9.17, 15) is 30.7 Å². The molecule has 0 aliphatic heterocycles. The van der Waals surface area contributed by atoms with E-state index in [1.165, 1.54) is 12.1 Å². The van der Waals surface area contributed by atoms with Gasteiger partial charge in [0.25, 0.3) is 0 Å². The standard InChI is InChI=1S/C8H3F4N.C8H6F3N3/c9-7-2-1-6(8(10,11)12)3-5(7)4-13;9-8(10,11)4-1-2-6-5(3-4)7(12)14-13-6/h1-3H;1-3H,(H3,12,13,14). The summed E-state index contributed by atoms with van der Waals surface area (Å²) in [7, 11) is 0. The van der Waals surface area contributed by atoms with Gasteiger partial charge in [-0.25, -0.2) is 4.39 Å². The number of nitrogen functional groups attached to an aromatic ring is 1. The number of H-pyrrole nitrogens is 1. The van der Waals surface area contributed by atoms with E-state index in [1.807, 2.05) is 0 Å². The monoisotopic (exact) mass is 390 g/mol. The van der Waals surface area contributed by atoms with Crippen molar-refractivity contribution in [2.24, 2.45) is 0 Å². The summed E-state index contributed by atoms with van der Waals surface area (Å²) in [6.07, 6.45) is -8.89. The number of nitrogens with zero attached hydrogens (tertiary/aromatic N) is 2. The summed E-state index contributed by atoms with van der Waals surface area (Å²) < 4.78 is 85.4. The normalized spacial score (nSPS) is 11.6. The number of fused-ring (bicyclic) bond motifs is 1. The fourth-order valence-corrected chi connectivity index (χ4v) is 2.00. The van der Waals surface area contributed by atoms with Gasteiger partial charge in [-0.3, -0.25) is 5.10 Å². The Morgan fingerprint density at radius 1 is 0.926 bits per heavy atom. The Labute approximate surface area is 147 Å². The molecule has 11 heteroatoms. The van der Waals surface area contributed by atoms with Crippen LogP contribution < -0.4 is 5.73 Å². The molecule has 0 atom stereocenters. The van der Waals surface area contributed by atoms with E-state index in [1.54, 1.807) is 0 Å². The van der Waals surface area contributed by atoms with Gasteiger partial charge in [-0.1, -0.05) is 0 Å². The van der Waals surface area contributed by atoms with Crippen molar-refractivity contribution in [3.63, 3.8) is 0 Å². The Kier molecular flexibility index (Phi) is 5.30. The van der Waals surface area contributed by atoms with Gasteiger partial charge in [0.1, 0.15) is 11.9 Å². The van der Waals surface area contributed by atoms with Gasteiger partial charge in [-0.2, -0.15) is 36.7 Å². The van der Waals surface area contributed by atoms with E-state index in [0.29, 0.717) is 29.1 Å². The van der Waals surface area contributed by atoms with E-state index >= 15 is 0 Å². The van der Waals surface area contributed by atoms with Crippen molar-refractivity contribution < 1.29 is 30.7 Å². The highest BCUT2D eigenvalue weighted by Gasteiger charge is 2.31. The molecule has 0 unspecified atom stereocenters. The topological polar surface area (TPSA) is 78.5 Å². The van der Waals surface area contributed by atoms with Crippen LogP contribution in [0.4, 0.5) is 36.6 Å². The van der Waals surface area contributed by atoms with Crippen LogP contribution in [0.1, 0.15) is 16.7 Å². The molecule has 0 bridgehead atoms. The van der Waals surface area contributed by atoms with Crippen molar-refractivity contribution in [1.82, 2.24) is 10.2 Å². The molecule has 0 amide bonds. The number of hydrogen-bond donors (Lipinski definition) is 2. The summed E-state index contributed by atoms with van der Waals surface area (Å²) in [5.74, 6) is -0.874. The molecule has 3 aromatic rings. The van der Waals surface area contributed by atoms with Gasteiger partial charge < -0.3 is 5.73 Å². The molecule has 2 aromatic carbocycles. The predicted octanol–water partition coefficient (Wildman–Crippen LogP) is 4.88. The highest BCUT2D eigenvalue weighted by atomic mass is 19.4. The minimum atomic E-state index is -4.54. The van der Waals surface area contributed by atoms with Crippen molar-refractivity contribution >= 4 is 16.7 Å². The molecule has 142 valence electrons. The second-order valence-corrected chi connectivity index (χ2v) is 5.17. The summed E-state index contributed by atoms with van der Waals surface area (Å²) in [5, 5.41) is 14.7. The quantitative estimate of drug-likeness (QED) is 0.537. The lowest BCUT2D eigenvalue weighted by molar-refractivity contribution is -0.138. The maximum atomic E-state index is 12.6. The molecule has 3 N–H and O–H groups in total. The van der Waals surface area contributed by atoms with Gasteiger partial charge in [0, 0.05) is 5.39 Å². The molecule has 0 aliphatic carbocycles. The molecule has 0 fully saturated rings. The van der Waals surface area contributed by atoms with E-state index in [4.69, 9.17) is 11.0 Å². The first-order chi connectivity index (χ1) is 12.4. The van der Waals surface area contributed by atoms with Crippen LogP contribution in [0.25, 0.3) is 10.9 Å². The molecule has 27 heavy (non-hydrogen) atoms. The lowest BCUT2D eigenvalue weighted by Crippen LogP contribution is -2.05. The average Bonchev–Trinajstić information content (AvgIpc) is 2.95. The molecule has 0 spiro atoms. The molecule has 1 aromatic heterocycles. The maximum absolute atomic E-state index is 12.6. The van der Waals surface area contributed by atoms with Crippen molar-refractivity contribution in [3.8, 4) is 6.07 Å². The highest BCUT2D eigenvalue weighted by Crippen LogP contribution is 2.32. The summed E-state index contributed by atoms with van der Waals surface area (Å²) in [4.78, 5) is 0. The van der Waals surface area contributed by atoms with Gasteiger partial charge in [-0.15, -0.1) is 0 Å². The van der Waals surface area contributed by atoms with Crippen molar-refractivity contribution in [2.75, 3.05) is 5.73 Å². The number of alkyl halides is 6. The van der Waals surface area contributed by atoms with Crippen LogP contribution >= 0.6 is 0 Å². The number of halogens is 7. The summed E-state index contributed by atoms with van der Waals surface area (Å²) in [6.45, 7) is 0. The second-order valence-electron chi connectivity index (χ2n) is 5.17. The lowest BCUT2D eigenvalue weighted by Gasteiger charge is -2.05. The van der Waals surface area contributed by atoms with Crippen molar-refractivity contribution in [2.45, 2.75) is 12.4 Å². The SMILES string of the molecule is N#Cc1cc(C(F)(F)F)ccc1F.Nc1n[nH]c2ccc(C(F)(F)F)cc12. The Morgan fingerprint density at radius 2 is 1.48 bits per heavy atom. The zero-order chi connectivity index (χ0) is 20.4. The fraction of sp³-hybridized carbons (Fsp3) is 0.125. The maximum Gasteiger partial charge on any atom is 0.416 e. The fourth-order valence-electron chi connectivity index (χ4n) is 2.00. The summed E-state index contributed by atoms with van der Waals surface area (Å²) in [5.41, 5.74) is 3.53. The molecule has 3 rings (SSSR count). The van der Waals surface area contributed by atoms with Gasteiger partial charge in [0.15, 0.2) is 5.82 Å². The number of nitriles is 1. The third-order valence-electron chi connectivity index (χ3n) is 3.33. The van der Waals surface area contributed by atoms with Crippen LogP contribution in [0, 0.1) is 17.1 Å². The number of hydrogen-bond acceptors (Lipinski definition) is 3. The third kappa shape index (κ3) is 4.66. The van der Waals surface area contributed by atoms with E-state index in [-0.39, 0.29) is 5.82 Å². The van der Waals surface area contributed by atoms with Crippen molar-refractivity contribution in [1.29, 1.82) is 5.26 Å². The first kappa shape index (κ1) is 20.0. The summed E-state index contributed by atoms with van der Waals surface area (Å²) in [6, 6.07) is 6.31. The first-order valence-electron chi connectivity index (χ1n) is 7.01. The molecular weight excluding hydrogens is 381 g/mol. The molecule has 0 radical (unpaired) electrons. The molecule has 0 aliphatic rings. The second kappa shape index (κ2) is 7.14. The van der Waals surface area contributed by atoms with E-state index in [0.717, 1.165) is 12.1 Å². The molecule has 0 saturated heterocycles. The van der Waals surface area contributed by atoms with E-state index in [2.05, 4.69) is 10.2 Å². The Bertz CT molecular complexity index is 997. The number of nitrogens with two attached hydrogens (primary N) is 1. The smallest absolute Gasteiger partial charge is 0.382 e. The number of aromatic nitrogens is 2. The van der Waals surface area contributed by atoms with Gasteiger partial charge in [-0.05, 0) is 36.4 Å². The van der Waals surface area contributed by atoms with Crippen LogP contribution in [-0.2, 0) is 12.4 Å². The van der Waals surface area contributed by atoms with E-state index < -0.39 is 34.9 Å². The number of anilines is 1. The first-order valence-corrected chi connectivity index (χ1v) is 7.01. The van der Waals surface area contributed by atoms with Crippen LogP contribution in [0.15, 0.2) is 36.4 Å². The molecule has 0 saturated carbocycles.